The standard InChI is InChI=1S/C30H39FN8O2/c1-2-33-28-23(29(40)34-14-4-7-17-39-15-5-3-6-16-39)10-12-25(37-28)22-9-11-26(24(31)18-22)38-30(41)36-20-21-8-13-27(32)35-19-21/h8-13,18-19H,2-7,14-17,20H2,1H3,(H2,32,35)(H,33,37)(H,34,40)(H2,36,38,41). The normalized spacial score (nSPS) is 13.4. The monoisotopic (exact) mass is 562 g/mol. The minimum Gasteiger partial charge on any atom is -0.384 e. The molecule has 11 heteroatoms. The highest BCUT2D eigenvalue weighted by molar-refractivity contribution is 5.99. The maximum Gasteiger partial charge on any atom is 0.319 e. The second-order valence-corrected chi connectivity index (χ2v) is 10.1. The van der Waals surface area contributed by atoms with Gasteiger partial charge in [0, 0.05) is 31.4 Å². The van der Waals surface area contributed by atoms with Gasteiger partial charge in [0.05, 0.1) is 16.9 Å². The van der Waals surface area contributed by atoms with Gasteiger partial charge in [0.25, 0.3) is 5.91 Å². The van der Waals surface area contributed by atoms with Gasteiger partial charge in [-0.3, -0.25) is 4.79 Å². The first kappa shape index (κ1) is 29.7. The molecule has 1 fully saturated rings. The van der Waals surface area contributed by atoms with Crippen LogP contribution < -0.4 is 27.0 Å². The number of piperidine rings is 1. The molecule has 218 valence electrons. The van der Waals surface area contributed by atoms with Crippen molar-refractivity contribution in [2.24, 2.45) is 0 Å². The second kappa shape index (κ2) is 14.9. The van der Waals surface area contributed by atoms with E-state index in [1.54, 1.807) is 36.5 Å². The number of aromatic nitrogens is 2. The topological polar surface area (TPSA) is 137 Å². The highest BCUT2D eigenvalue weighted by atomic mass is 19.1. The van der Waals surface area contributed by atoms with E-state index in [1.165, 1.54) is 44.5 Å². The van der Waals surface area contributed by atoms with Gasteiger partial charge in [-0.2, -0.15) is 0 Å². The number of hydrogen-bond donors (Lipinski definition) is 5. The number of anilines is 3. The zero-order valence-corrected chi connectivity index (χ0v) is 23.5. The van der Waals surface area contributed by atoms with Crippen LogP contribution in [0.2, 0.25) is 0 Å². The summed E-state index contributed by atoms with van der Waals surface area (Å²) >= 11 is 0. The fourth-order valence-corrected chi connectivity index (χ4v) is 4.71. The number of benzene rings is 1. The number of likely N-dealkylation sites (tertiary alicyclic amines) is 1. The molecule has 0 aliphatic carbocycles. The molecule has 0 atom stereocenters. The first-order valence-electron chi connectivity index (χ1n) is 14.2. The summed E-state index contributed by atoms with van der Waals surface area (Å²) in [4.78, 5) is 36.2. The Morgan fingerprint density at radius 2 is 1.85 bits per heavy atom. The average molecular weight is 563 g/mol. The van der Waals surface area contributed by atoms with Gasteiger partial charge in [-0.25, -0.2) is 19.2 Å². The van der Waals surface area contributed by atoms with E-state index >= 15 is 0 Å². The molecule has 4 rings (SSSR count). The van der Waals surface area contributed by atoms with E-state index in [0.29, 0.717) is 41.5 Å². The summed E-state index contributed by atoms with van der Waals surface area (Å²) in [6.45, 7) is 6.75. The van der Waals surface area contributed by atoms with E-state index in [2.05, 4.69) is 36.1 Å². The molecular weight excluding hydrogens is 523 g/mol. The van der Waals surface area contributed by atoms with Crippen molar-refractivity contribution in [3.63, 3.8) is 0 Å². The Bertz CT molecular complexity index is 1310. The molecule has 0 unspecified atom stereocenters. The number of amides is 3. The lowest BCUT2D eigenvalue weighted by atomic mass is 10.1. The zero-order valence-electron chi connectivity index (χ0n) is 23.5. The van der Waals surface area contributed by atoms with Crippen LogP contribution in [0.5, 0.6) is 0 Å². The summed E-state index contributed by atoms with van der Waals surface area (Å²) in [6, 6.07) is 10.7. The Balaban J connectivity index is 1.32. The number of halogens is 1. The molecule has 1 aliphatic rings. The van der Waals surface area contributed by atoms with Crippen LogP contribution in [0.3, 0.4) is 0 Å². The van der Waals surface area contributed by atoms with Gasteiger partial charge in [-0.05, 0) is 88.1 Å². The molecule has 0 saturated carbocycles. The quantitative estimate of drug-likeness (QED) is 0.203. The predicted molar refractivity (Wildman–Crippen MR) is 160 cm³/mol. The van der Waals surface area contributed by atoms with Gasteiger partial charge in [0.1, 0.15) is 17.5 Å². The number of pyridine rings is 2. The van der Waals surface area contributed by atoms with Gasteiger partial charge in [0.2, 0.25) is 0 Å². The fraction of sp³-hybridized carbons (Fsp3) is 0.400. The van der Waals surface area contributed by atoms with Crippen LogP contribution in [0.25, 0.3) is 11.3 Å². The number of hydrogen-bond acceptors (Lipinski definition) is 7. The molecule has 3 aromatic rings. The predicted octanol–water partition coefficient (Wildman–Crippen LogP) is 4.61. The van der Waals surface area contributed by atoms with Gasteiger partial charge in [0.15, 0.2) is 0 Å². The molecule has 41 heavy (non-hydrogen) atoms. The van der Waals surface area contributed by atoms with Crippen molar-refractivity contribution in [2.75, 3.05) is 49.1 Å². The number of carbonyl (C=O) groups excluding carboxylic acids is 2. The summed E-state index contributed by atoms with van der Waals surface area (Å²) in [5.41, 5.74) is 7.83. The van der Waals surface area contributed by atoms with Crippen LogP contribution in [-0.2, 0) is 6.54 Å². The molecular formula is C30H39FN8O2. The van der Waals surface area contributed by atoms with Gasteiger partial charge >= 0.3 is 6.03 Å². The number of nitrogen functional groups attached to an aromatic ring is 1. The summed E-state index contributed by atoms with van der Waals surface area (Å²) < 4.78 is 14.9. The molecule has 1 saturated heterocycles. The number of urea groups is 1. The minimum atomic E-state index is -0.607. The molecule has 10 nitrogen and oxygen atoms in total. The highest BCUT2D eigenvalue weighted by Crippen LogP contribution is 2.26. The van der Waals surface area contributed by atoms with Gasteiger partial charge < -0.3 is 31.9 Å². The Labute approximate surface area is 240 Å². The van der Waals surface area contributed by atoms with Crippen LogP contribution in [-0.4, -0.2) is 59.5 Å². The van der Waals surface area contributed by atoms with Crippen molar-refractivity contribution >= 4 is 29.3 Å². The van der Waals surface area contributed by atoms with Crippen molar-refractivity contribution in [2.45, 2.75) is 45.6 Å². The largest absolute Gasteiger partial charge is 0.384 e. The lowest BCUT2D eigenvalue weighted by molar-refractivity contribution is 0.0953. The molecule has 6 N–H and O–H groups in total. The van der Waals surface area contributed by atoms with Crippen molar-refractivity contribution in [3.8, 4) is 11.3 Å². The van der Waals surface area contributed by atoms with Crippen LogP contribution in [0.15, 0.2) is 48.7 Å². The van der Waals surface area contributed by atoms with Crippen LogP contribution in [0.4, 0.5) is 26.5 Å². The average Bonchev–Trinajstić information content (AvgIpc) is 2.98. The number of nitrogens with one attached hydrogen (secondary N) is 4. The van der Waals surface area contributed by atoms with Crippen LogP contribution in [0.1, 0.15) is 54.9 Å². The van der Waals surface area contributed by atoms with Gasteiger partial charge in [-0.15, -0.1) is 0 Å². The van der Waals surface area contributed by atoms with Gasteiger partial charge in [-0.1, -0.05) is 18.6 Å². The maximum atomic E-state index is 14.9. The van der Waals surface area contributed by atoms with E-state index in [0.717, 1.165) is 24.9 Å². The Morgan fingerprint density at radius 3 is 2.59 bits per heavy atom. The SMILES string of the molecule is CCNc1nc(-c2ccc(NC(=O)NCc3ccc(N)nc3)c(F)c2)ccc1C(=O)NCCCCN1CCCCC1. The molecule has 1 aliphatic heterocycles. The van der Waals surface area contributed by atoms with Crippen molar-refractivity contribution in [3.05, 3.63) is 65.6 Å². The Kier molecular flexibility index (Phi) is 10.8. The van der Waals surface area contributed by atoms with Crippen molar-refractivity contribution in [1.82, 2.24) is 25.5 Å². The number of carbonyl (C=O) groups is 2. The Morgan fingerprint density at radius 1 is 1.02 bits per heavy atom. The van der Waals surface area contributed by atoms with E-state index in [-0.39, 0.29) is 18.1 Å². The minimum absolute atomic E-state index is 0.0323. The summed E-state index contributed by atoms with van der Waals surface area (Å²) in [7, 11) is 0. The van der Waals surface area contributed by atoms with Crippen molar-refractivity contribution < 1.29 is 14.0 Å². The first-order valence-corrected chi connectivity index (χ1v) is 14.2. The molecule has 1 aromatic carbocycles. The van der Waals surface area contributed by atoms with Crippen molar-refractivity contribution in [1.29, 1.82) is 0 Å². The molecule has 3 heterocycles. The van der Waals surface area contributed by atoms with E-state index in [4.69, 9.17) is 5.73 Å². The zero-order chi connectivity index (χ0) is 29.0. The summed E-state index contributed by atoms with van der Waals surface area (Å²) in [5.74, 6) is 0.0311. The lowest BCUT2D eigenvalue weighted by Crippen LogP contribution is -2.31. The third kappa shape index (κ3) is 8.87. The number of nitrogens with zero attached hydrogens (tertiary/aromatic N) is 3. The van der Waals surface area contributed by atoms with E-state index in [9.17, 15) is 14.0 Å². The molecule has 0 spiro atoms. The van der Waals surface area contributed by atoms with Crippen LogP contribution in [0, 0.1) is 5.82 Å². The molecule has 0 bridgehead atoms. The van der Waals surface area contributed by atoms with E-state index in [1.807, 2.05) is 6.92 Å². The fourth-order valence-electron chi connectivity index (χ4n) is 4.71. The summed E-state index contributed by atoms with van der Waals surface area (Å²) in [5, 5.41) is 11.3. The lowest BCUT2D eigenvalue weighted by Gasteiger charge is -2.26. The molecule has 2 aromatic heterocycles. The Hall–Kier alpha value is -4.25. The van der Waals surface area contributed by atoms with E-state index < -0.39 is 11.8 Å². The third-order valence-corrected chi connectivity index (χ3v) is 6.93. The second-order valence-electron chi connectivity index (χ2n) is 10.1. The first-order chi connectivity index (χ1) is 19.9. The number of unbranched alkanes of at least 4 members (excludes halogenated alkanes) is 1. The molecule has 0 radical (unpaired) electrons. The maximum absolute atomic E-state index is 14.9. The number of nitrogens with two attached hydrogens (primary N) is 1. The number of rotatable bonds is 12. The third-order valence-electron chi connectivity index (χ3n) is 6.93. The smallest absolute Gasteiger partial charge is 0.319 e. The highest BCUT2D eigenvalue weighted by Gasteiger charge is 2.16. The molecule has 3 amide bonds. The van der Waals surface area contributed by atoms with Crippen LogP contribution >= 0.6 is 0 Å². The summed E-state index contributed by atoms with van der Waals surface area (Å²) in [6.07, 6.45) is 7.42.